The molecule has 1 heterocycles. The van der Waals surface area contributed by atoms with E-state index in [1.807, 2.05) is 0 Å². The van der Waals surface area contributed by atoms with Crippen molar-refractivity contribution in [1.29, 1.82) is 0 Å². The van der Waals surface area contributed by atoms with Gasteiger partial charge in [-0.25, -0.2) is 4.39 Å². The monoisotopic (exact) mass is 152 g/mol. The van der Waals surface area contributed by atoms with Gasteiger partial charge in [0.1, 0.15) is 12.3 Å². The molecule has 1 aliphatic heterocycles. The molecule has 54 valence electrons. The van der Waals surface area contributed by atoms with Crippen LogP contribution in [0.25, 0.3) is 0 Å². The summed E-state index contributed by atoms with van der Waals surface area (Å²) in [5.74, 6) is 0.312. The lowest BCUT2D eigenvalue weighted by molar-refractivity contribution is 0.0816. The van der Waals surface area contributed by atoms with E-state index in [2.05, 4.69) is 0 Å². The van der Waals surface area contributed by atoms with Crippen molar-refractivity contribution in [3.63, 3.8) is 0 Å². The summed E-state index contributed by atoms with van der Waals surface area (Å²) < 4.78 is 12.4. The van der Waals surface area contributed by atoms with E-state index in [1.165, 1.54) is 11.8 Å². The molecule has 2 nitrogen and oxygen atoms in total. The van der Waals surface area contributed by atoms with Crippen LogP contribution in [0.1, 0.15) is 0 Å². The van der Waals surface area contributed by atoms with Gasteiger partial charge in [-0.15, -0.1) is 0 Å². The highest BCUT2D eigenvalue weighted by molar-refractivity contribution is 8.00. The second kappa shape index (κ2) is 2.86. The molecule has 1 saturated heterocycles. The molecule has 3 atom stereocenters. The van der Waals surface area contributed by atoms with Gasteiger partial charge in [-0.3, -0.25) is 0 Å². The third-order valence-corrected chi connectivity index (χ3v) is 2.77. The molecule has 0 aromatic rings. The number of alkyl halides is 1. The predicted molar refractivity (Wildman–Crippen MR) is 34.2 cm³/mol. The highest BCUT2D eigenvalue weighted by Gasteiger charge is 2.34. The topological polar surface area (TPSA) is 40.5 Å². The van der Waals surface area contributed by atoms with Gasteiger partial charge in [0.25, 0.3) is 0 Å². The number of hydrogen-bond acceptors (Lipinski definition) is 3. The van der Waals surface area contributed by atoms with E-state index >= 15 is 0 Å². The number of halogens is 1. The molecule has 0 radical (unpaired) electrons. The molecule has 1 unspecified atom stereocenters. The van der Waals surface area contributed by atoms with Crippen LogP contribution in [0, 0.1) is 0 Å². The van der Waals surface area contributed by atoms with Crippen LogP contribution in [0.15, 0.2) is 0 Å². The van der Waals surface area contributed by atoms with E-state index in [0.717, 1.165) is 0 Å². The number of hydrogen-bond donors (Lipinski definition) is 2. The number of thioether (sulfide) groups is 1. The lowest BCUT2D eigenvalue weighted by Crippen LogP contribution is -2.28. The minimum Gasteiger partial charge on any atom is -0.395 e. The molecule has 0 spiro atoms. The first-order chi connectivity index (χ1) is 4.25. The standard InChI is InChI=1S/C5H9FO2S/c6-3-2-9-4(1-7)5(3)8/h3-5,7-8H,1-2H2/t3-,4?,5+/m1/s1. The first kappa shape index (κ1) is 7.31. The summed E-state index contributed by atoms with van der Waals surface area (Å²) in [5, 5.41) is 17.1. The van der Waals surface area contributed by atoms with Gasteiger partial charge in [0, 0.05) is 5.75 Å². The second-order valence-electron chi connectivity index (χ2n) is 2.06. The van der Waals surface area contributed by atoms with Crippen molar-refractivity contribution in [2.75, 3.05) is 12.4 Å². The van der Waals surface area contributed by atoms with Crippen molar-refractivity contribution in [1.82, 2.24) is 0 Å². The Labute approximate surface area is 57.1 Å². The maximum Gasteiger partial charge on any atom is 0.136 e. The zero-order valence-electron chi connectivity index (χ0n) is 4.83. The first-order valence-corrected chi connectivity index (χ1v) is 3.85. The summed E-state index contributed by atoms with van der Waals surface area (Å²) in [5.41, 5.74) is 0. The van der Waals surface area contributed by atoms with Crippen molar-refractivity contribution >= 4 is 11.8 Å². The Balaban J connectivity index is 2.41. The summed E-state index contributed by atoms with van der Waals surface area (Å²) in [6.07, 6.45) is -2.10. The van der Waals surface area contributed by atoms with Crippen molar-refractivity contribution in [2.24, 2.45) is 0 Å². The maximum absolute atomic E-state index is 12.4. The van der Waals surface area contributed by atoms with Gasteiger partial charge in [0.15, 0.2) is 0 Å². The second-order valence-corrected chi connectivity index (χ2v) is 3.33. The van der Waals surface area contributed by atoms with Crippen LogP contribution in [0.2, 0.25) is 0 Å². The third kappa shape index (κ3) is 1.36. The quantitative estimate of drug-likeness (QED) is 0.546. The molecule has 0 amide bonds. The summed E-state index contributed by atoms with van der Waals surface area (Å²) in [7, 11) is 0. The summed E-state index contributed by atoms with van der Waals surface area (Å²) in [4.78, 5) is 0. The van der Waals surface area contributed by atoms with E-state index in [9.17, 15) is 4.39 Å². The zero-order chi connectivity index (χ0) is 6.85. The Bertz CT molecular complexity index is 101. The van der Waals surface area contributed by atoms with Crippen LogP contribution in [0.3, 0.4) is 0 Å². The number of rotatable bonds is 1. The average molecular weight is 152 g/mol. The van der Waals surface area contributed by atoms with Crippen LogP contribution >= 0.6 is 11.8 Å². The van der Waals surface area contributed by atoms with Gasteiger partial charge in [-0.1, -0.05) is 0 Å². The Morgan fingerprint density at radius 1 is 1.67 bits per heavy atom. The number of aliphatic hydroxyl groups excluding tert-OH is 2. The molecular formula is C5H9FO2S. The highest BCUT2D eigenvalue weighted by Crippen LogP contribution is 2.28. The van der Waals surface area contributed by atoms with E-state index in [0.29, 0.717) is 5.75 Å². The average Bonchev–Trinajstić information content (AvgIpc) is 2.15. The molecule has 0 saturated carbocycles. The molecule has 2 N–H and O–H groups in total. The molecule has 1 aliphatic rings. The zero-order valence-corrected chi connectivity index (χ0v) is 5.64. The predicted octanol–water partition coefficient (Wildman–Crippen LogP) is -0.207. The summed E-state index contributed by atoms with van der Waals surface area (Å²) in [6, 6.07) is 0. The van der Waals surface area contributed by atoms with Crippen LogP contribution in [-0.4, -0.2) is 40.1 Å². The Morgan fingerprint density at radius 2 is 2.33 bits per heavy atom. The lowest BCUT2D eigenvalue weighted by atomic mass is 10.2. The summed E-state index contributed by atoms with van der Waals surface area (Å²) >= 11 is 1.28. The Hall–Kier alpha value is 0.200. The van der Waals surface area contributed by atoms with Gasteiger partial charge >= 0.3 is 0 Å². The van der Waals surface area contributed by atoms with Crippen molar-refractivity contribution < 1.29 is 14.6 Å². The lowest BCUT2D eigenvalue weighted by Gasteiger charge is -2.09. The van der Waals surface area contributed by atoms with Crippen LogP contribution in [-0.2, 0) is 0 Å². The first-order valence-electron chi connectivity index (χ1n) is 2.80. The van der Waals surface area contributed by atoms with Crippen molar-refractivity contribution in [3.05, 3.63) is 0 Å². The van der Waals surface area contributed by atoms with Crippen molar-refractivity contribution in [2.45, 2.75) is 17.5 Å². The molecular weight excluding hydrogens is 143 g/mol. The molecule has 1 fully saturated rings. The van der Waals surface area contributed by atoms with Crippen LogP contribution in [0.4, 0.5) is 4.39 Å². The molecule has 0 aromatic heterocycles. The molecule has 1 rings (SSSR count). The van der Waals surface area contributed by atoms with E-state index in [1.54, 1.807) is 0 Å². The third-order valence-electron chi connectivity index (χ3n) is 1.40. The van der Waals surface area contributed by atoms with E-state index in [4.69, 9.17) is 10.2 Å². The molecule has 0 aliphatic carbocycles. The van der Waals surface area contributed by atoms with Crippen LogP contribution in [0.5, 0.6) is 0 Å². The summed E-state index contributed by atoms with van der Waals surface area (Å²) in [6.45, 7) is -0.133. The minimum atomic E-state index is -1.15. The molecule has 0 bridgehead atoms. The SMILES string of the molecule is OCC1SC[C@@H](F)[C@@H]1O. The Morgan fingerprint density at radius 3 is 2.56 bits per heavy atom. The van der Waals surface area contributed by atoms with Gasteiger partial charge < -0.3 is 10.2 Å². The number of aliphatic hydroxyl groups is 2. The van der Waals surface area contributed by atoms with Gasteiger partial charge in [-0.05, 0) is 0 Å². The fourth-order valence-electron chi connectivity index (χ4n) is 0.806. The van der Waals surface area contributed by atoms with Gasteiger partial charge in [0.2, 0.25) is 0 Å². The molecule has 0 aromatic carbocycles. The smallest absolute Gasteiger partial charge is 0.136 e. The van der Waals surface area contributed by atoms with Gasteiger partial charge in [0.05, 0.1) is 11.9 Å². The largest absolute Gasteiger partial charge is 0.395 e. The Kier molecular flexibility index (Phi) is 2.32. The maximum atomic E-state index is 12.4. The fourth-order valence-corrected chi connectivity index (χ4v) is 1.91. The normalized spacial score (nSPS) is 43.7. The van der Waals surface area contributed by atoms with E-state index in [-0.39, 0.29) is 11.9 Å². The molecule has 4 heteroatoms. The highest BCUT2D eigenvalue weighted by atomic mass is 32.2. The fraction of sp³-hybridized carbons (Fsp3) is 1.00. The van der Waals surface area contributed by atoms with Crippen molar-refractivity contribution in [3.8, 4) is 0 Å². The van der Waals surface area contributed by atoms with E-state index < -0.39 is 12.3 Å². The molecule has 9 heavy (non-hydrogen) atoms. The minimum absolute atomic E-state index is 0.133. The van der Waals surface area contributed by atoms with Gasteiger partial charge in [-0.2, -0.15) is 11.8 Å². The van der Waals surface area contributed by atoms with Crippen LogP contribution < -0.4 is 0 Å².